The molecule has 0 amide bonds. The maximum Gasteiger partial charge on any atom is 1.00 e. The molecule has 0 fully saturated rings. The third kappa shape index (κ3) is 11.6. The smallest absolute Gasteiger partial charge is 0.460 e. The SMILES string of the molecule is CC(=O)OC(C)(C)C.[Li+]. The van der Waals surface area contributed by atoms with Crippen LogP contribution in [0.3, 0.4) is 0 Å². The van der Waals surface area contributed by atoms with E-state index < -0.39 is 0 Å². The molecule has 0 aromatic carbocycles. The quantitative estimate of drug-likeness (QED) is 0.285. The van der Waals surface area contributed by atoms with Crippen LogP contribution in [0.5, 0.6) is 0 Å². The molecule has 0 aromatic rings. The summed E-state index contributed by atoms with van der Waals surface area (Å²) in [5, 5.41) is 0. The van der Waals surface area contributed by atoms with Crippen molar-refractivity contribution in [2.45, 2.75) is 33.3 Å². The Morgan fingerprint density at radius 3 is 1.67 bits per heavy atom. The molecule has 0 saturated heterocycles. The molecule has 0 rings (SSSR count). The zero-order valence-corrected chi connectivity index (χ0v) is 6.82. The van der Waals surface area contributed by atoms with E-state index in [2.05, 4.69) is 0 Å². The third-order valence-corrected chi connectivity index (χ3v) is 0.450. The monoisotopic (exact) mass is 123 g/mol. The molecule has 0 aliphatic carbocycles. The minimum Gasteiger partial charge on any atom is -0.460 e. The van der Waals surface area contributed by atoms with E-state index in [0.29, 0.717) is 0 Å². The van der Waals surface area contributed by atoms with Crippen LogP contribution in [0.2, 0.25) is 0 Å². The topological polar surface area (TPSA) is 26.3 Å². The fraction of sp³-hybridized carbons (Fsp3) is 0.833. The van der Waals surface area contributed by atoms with Crippen LogP contribution in [-0.2, 0) is 9.53 Å². The van der Waals surface area contributed by atoms with Gasteiger partial charge in [-0.1, -0.05) is 0 Å². The molecule has 0 spiro atoms. The van der Waals surface area contributed by atoms with Crippen LogP contribution in [0.25, 0.3) is 0 Å². The summed E-state index contributed by atoms with van der Waals surface area (Å²) in [6, 6.07) is 0. The number of carbonyl (C=O) groups is 1. The van der Waals surface area contributed by atoms with Crippen molar-refractivity contribution in [2.75, 3.05) is 0 Å². The number of ether oxygens (including phenoxy) is 1. The maximum atomic E-state index is 10.2. The molecular formula is C6H12LiO2+. The van der Waals surface area contributed by atoms with Gasteiger partial charge < -0.3 is 4.74 Å². The van der Waals surface area contributed by atoms with Crippen molar-refractivity contribution < 1.29 is 28.4 Å². The van der Waals surface area contributed by atoms with Crippen molar-refractivity contribution >= 4 is 5.97 Å². The van der Waals surface area contributed by atoms with Gasteiger partial charge in [0.25, 0.3) is 0 Å². The average molecular weight is 123 g/mol. The summed E-state index contributed by atoms with van der Waals surface area (Å²) in [4.78, 5) is 10.2. The first kappa shape index (κ1) is 11.8. The van der Waals surface area contributed by atoms with Gasteiger partial charge in [-0.05, 0) is 20.8 Å². The number of hydrogen-bond donors (Lipinski definition) is 0. The molecule has 48 valence electrons. The summed E-state index contributed by atoms with van der Waals surface area (Å²) in [5.74, 6) is -0.225. The Hall–Kier alpha value is 0.0674. The first-order valence-electron chi connectivity index (χ1n) is 2.61. The van der Waals surface area contributed by atoms with Crippen molar-refractivity contribution in [3.8, 4) is 0 Å². The summed E-state index contributed by atoms with van der Waals surface area (Å²) in [7, 11) is 0. The van der Waals surface area contributed by atoms with Gasteiger partial charge in [0, 0.05) is 6.92 Å². The molecule has 0 radical (unpaired) electrons. The second kappa shape index (κ2) is 3.98. The van der Waals surface area contributed by atoms with E-state index in [4.69, 9.17) is 4.74 Å². The molecule has 9 heavy (non-hydrogen) atoms. The van der Waals surface area contributed by atoms with E-state index in [-0.39, 0.29) is 30.4 Å². The van der Waals surface area contributed by atoms with Gasteiger partial charge in [0.1, 0.15) is 5.60 Å². The molecule has 0 heterocycles. The van der Waals surface area contributed by atoms with Crippen LogP contribution in [-0.4, -0.2) is 11.6 Å². The molecule has 0 bridgehead atoms. The molecule has 0 aliphatic heterocycles. The Kier molecular flexibility index (Phi) is 5.22. The van der Waals surface area contributed by atoms with Crippen LogP contribution in [0.4, 0.5) is 0 Å². The van der Waals surface area contributed by atoms with E-state index in [1.54, 1.807) is 0 Å². The molecule has 0 atom stereocenters. The Bertz CT molecular complexity index is 93.7. The summed E-state index contributed by atoms with van der Waals surface area (Å²) in [6.07, 6.45) is 0. The number of esters is 1. The van der Waals surface area contributed by atoms with E-state index in [1.807, 2.05) is 20.8 Å². The van der Waals surface area contributed by atoms with E-state index in [9.17, 15) is 4.79 Å². The molecule has 3 heteroatoms. The molecule has 0 aromatic heterocycles. The number of rotatable bonds is 0. The summed E-state index contributed by atoms with van der Waals surface area (Å²) in [5.41, 5.74) is -0.328. The van der Waals surface area contributed by atoms with Crippen LogP contribution >= 0.6 is 0 Å². The maximum absolute atomic E-state index is 10.2. The zero-order chi connectivity index (χ0) is 6.78. The second-order valence-corrected chi connectivity index (χ2v) is 2.71. The first-order valence-corrected chi connectivity index (χ1v) is 2.61. The molecule has 0 aliphatic rings. The normalized spacial score (nSPS) is 9.78. The number of carbonyl (C=O) groups excluding carboxylic acids is 1. The average Bonchev–Trinajstić information content (AvgIpc) is 1.21. The van der Waals surface area contributed by atoms with Gasteiger partial charge in [0.15, 0.2) is 0 Å². The summed E-state index contributed by atoms with van der Waals surface area (Å²) < 4.78 is 4.80. The minimum atomic E-state index is -0.328. The van der Waals surface area contributed by atoms with Crippen LogP contribution in [0.15, 0.2) is 0 Å². The Labute approximate surface area is 68.1 Å². The predicted molar refractivity (Wildman–Crippen MR) is 31.5 cm³/mol. The fourth-order valence-corrected chi connectivity index (χ4v) is 0.431. The molecule has 0 N–H and O–H groups in total. The van der Waals surface area contributed by atoms with Crippen molar-refractivity contribution in [1.29, 1.82) is 0 Å². The van der Waals surface area contributed by atoms with Gasteiger partial charge in [-0.2, -0.15) is 0 Å². The van der Waals surface area contributed by atoms with Crippen LogP contribution in [0, 0.1) is 0 Å². The Balaban J connectivity index is 0. The largest absolute Gasteiger partial charge is 1.00 e. The Morgan fingerprint density at radius 1 is 1.33 bits per heavy atom. The van der Waals surface area contributed by atoms with Gasteiger partial charge in [-0.15, -0.1) is 0 Å². The van der Waals surface area contributed by atoms with E-state index in [0.717, 1.165) is 0 Å². The van der Waals surface area contributed by atoms with Gasteiger partial charge >= 0.3 is 24.8 Å². The number of hydrogen-bond acceptors (Lipinski definition) is 2. The van der Waals surface area contributed by atoms with Gasteiger partial charge in [-0.25, -0.2) is 0 Å². The fourth-order valence-electron chi connectivity index (χ4n) is 0.431. The summed E-state index contributed by atoms with van der Waals surface area (Å²) in [6.45, 7) is 6.93. The van der Waals surface area contributed by atoms with Crippen molar-refractivity contribution in [1.82, 2.24) is 0 Å². The molecule has 0 unspecified atom stereocenters. The van der Waals surface area contributed by atoms with Gasteiger partial charge in [-0.3, -0.25) is 4.79 Å². The van der Waals surface area contributed by atoms with Gasteiger partial charge in [0.2, 0.25) is 0 Å². The van der Waals surface area contributed by atoms with Crippen molar-refractivity contribution in [2.24, 2.45) is 0 Å². The van der Waals surface area contributed by atoms with Gasteiger partial charge in [0.05, 0.1) is 0 Å². The minimum absolute atomic E-state index is 0. The standard InChI is InChI=1S/C6H12O2.Li/c1-5(7)8-6(2,3)4;/h1-4H3;/q;+1. The van der Waals surface area contributed by atoms with E-state index in [1.165, 1.54) is 6.92 Å². The van der Waals surface area contributed by atoms with E-state index >= 15 is 0 Å². The Morgan fingerprint density at radius 2 is 1.67 bits per heavy atom. The van der Waals surface area contributed by atoms with Crippen LogP contribution < -0.4 is 18.9 Å². The first-order chi connectivity index (χ1) is 3.42. The molecule has 0 saturated carbocycles. The molecular weight excluding hydrogens is 111 g/mol. The second-order valence-electron chi connectivity index (χ2n) is 2.71. The summed E-state index contributed by atoms with van der Waals surface area (Å²) >= 11 is 0. The third-order valence-electron chi connectivity index (χ3n) is 0.450. The van der Waals surface area contributed by atoms with Crippen molar-refractivity contribution in [3.05, 3.63) is 0 Å². The molecule has 2 nitrogen and oxygen atoms in total. The van der Waals surface area contributed by atoms with Crippen molar-refractivity contribution in [3.63, 3.8) is 0 Å². The zero-order valence-electron chi connectivity index (χ0n) is 6.82. The van der Waals surface area contributed by atoms with Crippen LogP contribution in [0.1, 0.15) is 27.7 Å². The predicted octanol–water partition coefficient (Wildman–Crippen LogP) is -1.65.